The van der Waals surface area contributed by atoms with Gasteiger partial charge in [0.1, 0.15) is 0 Å². The molecule has 0 aromatic carbocycles. The maximum absolute atomic E-state index is 10.9. The molecule has 32 heavy (non-hydrogen) atoms. The SMILES string of the molecule is C=C(C)[C@@H]1CC[C@]2(CO)CC[C@]3(C)[C@H](CC[C@@H]4[C@]5(C)CC[C@H](O)C(C)(C)[C@H]5CC[C@]43C)[C@@H]12. The first-order valence-corrected chi connectivity index (χ1v) is 13.8. The molecule has 0 bridgehead atoms. The van der Waals surface area contributed by atoms with Gasteiger partial charge in [0.15, 0.2) is 0 Å². The third-order valence-corrected chi connectivity index (χ3v) is 13.5. The standard InChI is InChI=1S/C30H50O2/c1-19(2)20-10-15-30(18-31)17-16-28(6)21(25(20)30)8-9-23-27(5)13-12-24(32)26(3,4)22(27)11-14-29(23,28)7/h20-25,31-32H,1,8-18H2,2-7H3/t20-,21+,22+,23+,24-,25+,27+,28+,29+,30+/m0/s1. The zero-order valence-electron chi connectivity index (χ0n) is 21.8. The Morgan fingerprint density at radius 1 is 0.812 bits per heavy atom. The van der Waals surface area contributed by atoms with E-state index in [0.29, 0.717) is 40.6 Å². The molecule has 0 spiro atoms. The Bertz CT molecular complexity index is 786. The van der Waals surface area contributed by atoms with E-state index in [-0.39, 0.29) is 16.9 Å². The molecule has 0 aromatic heterocycles. The third kappa shape index (κ3) is 2.66. The summed E-state index contributed by atoms with van der Waals surface area (Å²) < 4.78 is 0. The second-order valence-corrected chi connectivity index (χ2v) is 14.6. The number of aliphatic hydroxyl groups excluding tert-OH is 2. The molecule has 0 unspecified atom stereocenters. The highest BCUT2D eigenvalue weighted by molar-refractivity contribution is 5.21. The quantitative estimate of drug-likeness (QED) is 0.452. The molecule has 0 aromatic rings. The molecule has 0 saturated heterocycles. The maximum atomic E-state index is 10.9. The number of fused-ring (bicyclic) bond motifs is 7. The summed E-state index contributed by atoms with van der Waals surface area (Å²) in [5.74, 6) is 3.33. The molecular formula is C30H50O2. The van der Waals surface area contributed by atoms with Crippen LogP contribution in [0.3, 0.4) is 0 Å². The van der Waals surface area contributed by atoms with Crippen molar-refractivity contribution in [1.82, 2.24) is 0 Å². The molecule has 2 nitrogen and oxygen atoms in total. The highest BCUT2D eigenvalue weighted by Crippen LogP contribution is 2.77. The Kier molecular flexibility index (Phi) is 5.19. The first-order chi connectivity index (χ1) is 14.9. The van der Waals surface area contributed by atoms with Crippen LogP contribution in [-0.2, 0) is 0 Å². The highest BCUT2D eigenvalue weighted by atomic mass is 16.3. The molecule has 0 aliphatic heterocycles. The van der Waals surface area contributed by atoms with Gasteiger partial charge in [-0.1, -0.05) is 46.8 Å². The van der Waals surface area contributed by atoms with Crippen molar-refractivity contribution in [2.45, 2.75) is 112 Å². The minimum Gasteiger partial charge on any atom is -0.396 e. The lowest BCUT2D eigenvalue weighted by atomic mass is 9.32. The number of aliphatic hydroxyl groups is 2. The third-order valence-electron chi connectivity index (χ3n) is 13.5. The topological polar surface area (TPSA) is 40.5 Å². The lowest BCUT2D eigenvalue weighted by Gasteiger charge is -2.73. The maximum Gasteiger partial charge on any atom is 0.0594 e. The second kappa shape index (κ2) is 7.09. The molecule has 5 fully saturated rings. The molecule has 5 aliphatic rings. The molecule has 0 heterocycles. The van der Waals surface area contributed by atoms with Gasteiger partial charge in [0.05, 0.1) is 6.10 Å². The van der Waals surface area contributed by atoms with Crippen LogP contribution in [0, 0.1) is 56.7 Å². The lowest BCUT2D eigenvalue weighted by molar-refractivity contribution is -0.249. The van der Waals surface area contributed by atoms with Crippen molar-refractivity contribution >= 4 is 0 Å². The van der Waals surface area contributed by atoms with Crippen molar-refractivity contribution < 1.29 is 10.2 Å². The van der Waals surface area contributed by atoms with E-state index >= 15 is 0 Å². The summed E-state index contributed by atoms with van der Waals surface area (Å²) in [7, 11) is 0. The Balaban J connectivity index is 1.55. The fraction of sp³-hybridized carbons (Fsp3) is 0.933. The molecule has 0 radical (unpaired) electrons. The number of rotatable bonds is 2. The number of hydrogen-bond acceptors (Lipinski definition) is 2. The molecule has 2 N–H and O–H groups in total. The minimum absolute atomic E-state index is 0.0290. The van der Waals surface area contributed by atoms with E-state index in [1.54, 1.807) is 0 Å². The lowest BCUT2D eigenvalue weighted by Crippen LogP contribution is -2.66. The summed E-state index contributed by atoms with van der Waals surface area (Å²) in [5, 5.41) is 21.5. The summed E-state index contributed by atoms with van der Waals surface area (Å²) >= 11 is 0. The average molecular weight is 443 g/mol. The van der Waals surface area contributed by atoms with Crippen LogP contribution in [0.15, 0.2) is 12.2 Å². The van der Waals surface area contributed by atoms with Crippen LogP contribution in [0.5, 0.6) is 0 Å². The molecule has 5 rings (SSSR count). The zero-order valence-corrected chi connectivity index (χ0v) is 21.8. The van der Waals surface area contributed by atoms with Gasteiger partial charge in [-0.15, -0.1) is 0 Å². The van der Waals surface area contributed by atoms with Gasteiger partial charge in [-0.05, 0) is 128 Å². The van der Waals surface area contributed by atoms with Crippen molar-refractivity contribution in [2.75, 3.05) is 6.61 Å². The van der Waals surface area contributed by atoms with Gasteiger partial charge in [0.2, 0.25) is 0 Å². The number of allylic oxidation sites excluding steroid dienone is 1. The molecule has 5 aliphatic carbocycles. The van der Waals surface area contributed by atoms with Crippen LogP contribution in [0.25, 0.3) is 0 Å². The van der Waals surface area contributed by atoms with E-state index in [0.717, 1.165) is 18.3 Å². The van der Waals surface area contributed by atoms with E-state index < -0.39 is 0 Å². The molecular weight excluding hydrogens is 392 g/mol. The van der Waals surface area contributed by atoms with E-state index in [4.69, 9.17) is 0 Å². The zero-order chi connectivity index (χ0) is 23.3. The van der Waals surface area contributed by atoms with E-state index in [9.17, 15) is 10.2 Å². The predicted molar refractivity (Wildman–Crippen MR) is 132 cm³/mol. The first-order valence-electron chi connectivity index (χ1n) is 13.8. The van der Waals surface area contributed by atoms with Gasteiger partial charge >= 0.3 is 0 Å². The average Bonchev–Trinajstić information content (AvgIpc) is 3.12. The van der Waals surface area contributed by atoms with Gasteiger partial charge < -0.3 is 10.2 Å². The summed E-state index contributed by atoms with van der Waals surface area (Å²) in [6.07, 6.45) is 12.2. The Hall–Kier alpha value is -0.340. The summed E-state index contributed by atoms with van der Waals surface area (Å²) in [4.78, 5) is 0. The van der Waals surface area contributed by atoms with Crippen LogP contribution in [0.1, 0.15) is 106 Å². The molecule has 182 valence electrons. The van der Waals surface area contributed by atoms with Crippen molar-refractivity contribution in [3.05, 3.63) is 12.2 Å². The molecule has 10 atom stereocenters. The van der Waals surface area contributed by atoms with Crippen LogP contribution in [0.2, 0.25) is 0 Å². The largest absolute Gasteiger partial charge is 0.396 e. The minimum atomic E-state index is -0.147. The second-order valence-electron chi connectivity index (χ2n) is 14.6. The van der Waals surface area contributed by atoms with Gasteiger partial charge in [0.25, 0.3) is 0 Å². The highest BCUT2D eigenvalue weighted by Gasteiger charge is 2.70. The van der Waals surface area contributed by atoms with Crippen molar-refractivity contribution in [3.8, 4) is 0 Å². The summed E-state index contributed by atoms with van der Waals surface area (Å²) in [5.41, 5.74) is 2.60. The van der Waals surface area contributed by atoms with Crippen molar-refractivity contribution in [3.63, 3.8) is 0 Å². The van der Waals surface area contributed by atoms with Crippen LogP contribution < -0.4 is 0 Å². The van der Waals surface area contributed by atoms with Gasteiger partial charge in [-0.2, -0.15) is 0 Å². The molecule has 0 amide bonds. The van der Waals surface area contributed by atoms with Gasteiger partial charge in [-0.25, -0.2) is 0 Å². The first kappa shape index (κ1) is 23.4. The predicted octanol–water partition coefficient (Wildman–Crippen LogP) is 7.00. The smallest absolute Gasteiger partial charge is 0.0594 e. The van der Waals surface area contributed by atoms with Crippen molar-refractivity contribution in [2.24, 2.45) is 56.7 Å². The fourth-order valence-corrected chi connectivity index (χ4v) is 11.5. The monoisotopic (exact) mass is 442 g/mol. The summed E-state index contributed by atoms with van der Waals surface area (Å²) in [6, 6.07) is 0. The van der Waals surface area contributed by atoms with Gasteiger partial charge in [0, 0.05) is 6.61 Å². The summed E-state index contributed by atoms with van der Waals surface area (Å²) in [6.45, 7) is 19.7. The Morgan fingerprint density at radius 2 is 1.53 bits per heavy atom. The van der Waals surface area contributed by atoms with Gasteiger partial charge in [-0.3, -0.25) is 0 Å². The Morgan fingerprint density at radius 3 is 2.19 bits per heavy atom. The van der Waals surface area contributed by atoms with E-state index in [1.165, 1.54) is 63.4 Å². The molecule has 2 heteroatoms. The van der Waals surface area contributed by atoms with Crippen LogP contribution >= 0.6 is 0 Å². The van der Waals surface area contributed by atoms with Crippen molar-refractivity contribution in [1.29, 1.82) is 0 Å². The normalized spacial score (nSPS) is 56.5. The van der Waals surface area contributed by atoms with E-state index in [1.807, 2.05) is 0 Å². The fourth-order valence-electron chi connectivity index (χ4n) is 11.5. The van der Waals surface area contributed by atoms with E-state index in [2.05, 4.69) is 48.1 Å². The van der Waals surface area contributed by atoms with Crippen LogP contribution in [0.4, 0.5) is 0 Å². The number of hydrogen-bond donors (Lipinski definition) is 2. The molecule has 5 saturated carbocycles. The van der Waals surface area contributed by atoms with Crippen LogP contribution in [-0.4, -0.2) is 22.9 Å². The Labute approximate surface area is 197 Å².